The zero-order chi connectivity index (χ0) is 15.4. The van der Waals surface area contributed by atoms with Crippen molar-refractivity contribution < 1.29 is 4.79 Å². The first-order chi connectivity index (χ1) is 10.7. The zero-order valence-corrected chi connectivity index (χ0v) is 12.6. The third-order valence-corrected chi connectivity index (χ3v) is 3.71. The summed E-state index contributed by atoms with van der Waals surface area (Å²) in [7, 11) is 0. The fourth-order valence-electron chi connectivity index (χ4n) is 2.58. The minimum Gasteiger partial charge on any atom is -0.361 e. The topological polar surface area (TPSA) is 57.8 Å². The molecule has 112 valence electrons. The number of aromatic amines is 1. The van der Waals surface area contributed by atoms with Gasteiger partial charge >= 0.3 is 0 Å². The van der Waals surface area contributed by atoms with Crippen molar-refractivity contribution in [3.05, 3.63) is 54.5 Å². The van der Waals surface area contributed by atoms with Gasteiger partial charge in [-0.05, 0) is 25.0 Å². The number of para-hydroxylation sites is 1. The number of hydrogen-bond acceptors (Lipinski definition) is 2. The van der Waals surface area contributed by atoms with E-state index in [4.69, 9.17) is 0 Å². The van der Waals surface area contributed by atoms with Gasteiger partial charge in [0.15, 0.2) is 0 Å². The highest BCUT2D eigenvalue weighted by molar-refractivity contribution is 5.95. The Hall–Kier alpha value is -2.62. The molecule has 2 N–H and O–H groups in total. The molecule has 1 aromatic carbocycles. The minimum absolute atomic E-state index is 0.0163. The van der Waals surface area contributed by atoms with Gasteiger partial charge in [-0.3, -0.25) is 9.78 Å². The highest BCUT2D eigenvalue weighted by Crippen LogP contribution is 2.27. The SMILES string of the molecule is CC(=O)NCCCc1ccc(-c2c[nH]c3ccccc23)cn1. The number of hydrogen-bond donors (Lipinski definition) is 2. The number of rotatable bonds is 5. The highest BCUT2D eigenvalue weighted by Gasteiger charge is 2.06. The first-order valence-electron chi connectivity index (χ1n) is 7.50. The van der Waals surface area contributed by atoms with E-state index in [2.05, 4.69) is 39.6 Å². The summed E-state index contributed by atoms with van der Waals surface area (Å²) in [6, 6.07) is 12.4. The lowest BCUT2D eigenvalue weighted by atomic mass is 10.1. The maximum absolute atomic E-state index is 10.8. The summed E-state index contributed by atoms with van der Waals surface area (Å²) < 4.78 is 0. The molecule has 2 aromatic heterocycles. The van der Waals surface area contributed by atoms with Crippen LogP contribution >= 0.6 is 0 Å². The molecular weight excluding hydrogens is 274 g/mol. The van der Waals surface area contributed by atoms with Gasteiger partial charge in [-0.15, -0.1) is 0 Å². The van der Waals surface area contributed by atoms with Crippen molar-refractivity contribution in [2.75, 3.05) is 6.54 Å². The van der Waals surface area contributed by atoms with Gasteiger partial charge in [0.2, 0.25) is 5.91 Å². The molecule has 0 spiro atoms. The van der Waals surface area contributed by atoms with Gasteiger partial charge < -0.3 is 10.3 Å². The van der Waals surface area contributed by atoms with Crippen LogP contribution in [0.2, 0.25) is 0 Å². The van der Waals surface area contributed by atoms with Crippen LogP contribution in [0, 0.1) is 0 Å². The molecule has 0 saturated heterocycles. The molecule has 0 bridgehead atoms. The lowest BCUT2D eigenvalue weighted by Gasteiger charge is -2.04. The molecule has 3 aromatic rings. The van der Waals surface area contributed by atoms with E-state index in [0.29, 0.717) is 6.54 Å². The van der Waals surface area contributed by atoms with Crippen LogP contribution in [0.4, 0.5) is 0 Å². The summed E-state index contributed by atoms with van der Waals surface area (Å²) >= 11 is 0. The van der Waals surface area contributed by atoms with E-state index in [1.54, 1.807) is 0 Å². The second-order valence-electron chi connectivity index (χ2n) is 5.37. The Morgan fingerprint density at radius 1 is 1.23 bits per heavy atom. The molecule has 0 saturated carbocycles. The number of pyridine rings is 1. The zero-order valence-electron chi connectivity index (χ0n) is 12.6. The smallest absolute Gasteiger partial charge is 0.216 e. The Labute approximate surface area is 129 Å². The monoisotopic (exact) mass is 293 g/mol. The third kappa shape index (κ3) is 3.17. The largest absolute Gasteiger partial charge is 0.361 e. The maximum Gasteiger partial charge on any atom is 0.216 e. The van der Waals surface area contributed by atoms with Crippen LogP contribution in [0.3, 0.4) is 0 Å². The number of nitrogens with one attached hydrogen (secondary N) is 2. The quantitative estimate of drug-likeness (QED) is 0.709. The van der Waals surface area contributed by atoms with Crippen molar-refractivity contribution in [1.82, 2.24) is 15.3 Å². The van der Waals surface area contributed by atoms with E-state index >= 15 is 0 Å². The molecule has 0 radical (unpaired) electrons. The Kier molecular flexibility index (Phi) is 4.19. The number of fused-ring (bicyclic) bond motifs is 1. The molecule has 22 heavy (non-hydrogen) atoms. The minimum atomic E-state index is 0.0163. The number of amides is 1. The number of aryl methyl sites for hydroxylation is 1. The highest BCUT2D eigenvalue weighted by atomic mass is 16.1. The van der Waals surface area contributed by atoms with Crippen LogP contribution in [0.25, 0.3) is 22.0 Å². The summed E-state index contributed by atoms with van der Waals surface area (Å²) in [5, 5.41) is 4.01. The normalized spacial score (nSPS) is 10.8. The number of H-pyrrole nitrogens is 1. The number of carbonyl (C=O) groups is 1. The number of nitrogens with zero attached hydrogens (tertiary/aromatic N) is 1. The van der Waals surface area contributed by atoms with E-state index in [-0.39, 0.29) is 5.91 Å². The van der Waals surface area contributed by atoms with Crippen LogP contribution in [-0.4, -0.2) is 22.4 Å². The number of benzene rings is 1. The number of aromatic nitrogens is 2. The van der Waals surface area contributed by atoms with Gasteiger partial charge in [0.1, 0.15) is 0 Å². The van der Waals surface area contributed by atoms with Gasteiger partial charge in [-0.2, -0.15) is 0 Å². The third-order valence-electron chi connectivity index (χ3n) is 3.71. The average molecular weight is 293 g/mol. The van der Waals surface area contributed by atoms with E-state index in [9.17, 15) is 4.79 Å². The first-order valence-corrected chi connectivity index (χ1v) is 7.50. The molecule has 2 heterocycles. The molecule has 1 amide bonds. The maximum atomic E-state index is 10.8. The predicted octanol–water partition coefficient (Wildman–Crippen LogP) is 3.30. The van der Waals surface area contributed by atoms with Gasteiger partial charge in [0, 0.05) is 53.6 Å². The summed E-state index contributed by atoms with van der Waals surface area (Å²) in [4.78, 5) is 18.6. The van der Waals surface area contributed by atoms with Crippen LogP contribution in [-0.2, 0) is 11.2 Å². The van der Waals surface area contributed by atoms with E-state index in [0.717, 1.165) is 29.6 Å². The molecule has 4 heteroatoms. The van der Waals surface area contributed by atoms with Crippen molar-refractivity contribution in [2.45, 2.75) is 19.8 Å². The Morgan fingerprint density at radius 3 is 2.86 bits per heavy atom. The van der Waals surface area contributed by atoms with E-state index < -0.39 is 0 Å². The van der Waals surface area contributed by atoms with Gasteiger partial charge in [0.25, 0.3) is 0 Å². The van der Waals surface area contributed by atoms with E-state index in [1.165, 1.54) is 17.9 Å². The van der Waals surface area contributed by atoms with Crippen molar-refractivity contribution >= 4 is 16.8 Å². The van der Waals surface area contributed by atoms with Crippen LogP contribution in [0.15, 0.2) is 48.8 Å². The summed E-state index contributed by atoms with van der Waals surface area (Å²) in [6.45, 7) is 2.23. The van der Waals surface area contributed by atoms with Crippen LogP contribution in [0.1, 0.15) is 19.0 Å². The Bertz CT molecular complexity index is 774. The van der Waals surface area contributed by atoms with Gasteiger partial charge in [-0.25, -0.2) is 0 Å². The molecule has 0 fully saturated rings. The van der Waals surface area contributed by atoms with Crippen molar-refractivity contribution in [2.24, 2.45) is 0 Å². The molecule has 0 aliphatic rings. The van der Waals surface area contributed by atoms with Crippen LogP contribution < -0.4 is 5.32 Å². The fraction of sp³-hybridized carbons (Fsp3) is 0.222. The average Bonchev–Trinajstić information content (AvgIpc) is 2.96. The van der Waals surface area contributed by atoms with Crippen LogP contribution in [0.5, 0.6) is 0 Å². The molecule has 0 aliphatic heterocycles. The molecule has 0 aliphatic carbocycles. The van der Waals surface area contributed by atoms with Gasteiger partial charge in [0.05, 0.1) is 0 Å². The molecule has 3 rings (SSSR count). The summed E-state index contributed by atoms with van der Waals surface area (Å²) in [5.41, 5.74) is 4.47. The van der Waals surface area contributed by atoms with Crippen molar-refractivity contribution in [3.8, 4) is 11.1 Å². The summed E-state index contributed by atoms with van der Waals surface area (Å²) in [5.74, 6) is 0.0163. The molecular formula is C18H19N3O. The molecule has 0 atom stereocenters. The Balaban J connectivity index is 1.70. The Morgan fingerprint density at radius 2 is 2.09 bits per heavy atom. The van der Waals surface area contributed by atoms with Gasteiger partial charge in [-0.1, -0.05) is 24.3 Å². The fourth-order valence-corrected chi connectivity index (χ4v) is 2.58. The second kappa shape index (κ2) is 6.43. The van der Waals surface area contributed by atoms with E-state index in [1.807, 2.05) is 24.5 Å². The van der Waals surface area contributed by atoms with Crippen molar-refractivity contribution in [1.29, 1.82) is 0 Å². The standard InChI is InChI=1S/C18H19N3O/c1-13(22)19-10-4-5-15-9-8-14(11-20-15)17-12-21-18-7-3-2-6-16(17)18/h2-3,6-9,11-12,21H,4-5,10H2,1H3,(H,19,22). The predicted molar refractivity (Wildman–Crippen MR) is 88.5 cm³/mol. The molecule has 0 unspecified atom stereocenters. The lowest BCUT2D eigenvalue weighted by Crippen LogP contribution is -2.21. The summed E-state index contributed by atoms with van der Waals surface area (Å²) in [6.07, 6.45) is 5.72. The number of carbonyl (C=O) groups excluding carboxylic acids is 1. The second-order valence-corrected chi connectivity index (χ2v) is 5.37. The lowest BCUT2D eigenvalue weighted by molar-refractivity contribution is -0.118. The van der Waals surface area contributed by atoms with Crippen molar-refractivity contribution in [3.63, 3.8) is 0 Å². The molecule has 4 nitrogen and oxygen atoms in total. The first kappa shape index (κ1) is 14.3.